The summed E-state index contributed by atoms with van der Waals surface area (Å²) < 4.78 is 24.8. The van der Waals surface area contributed by atoms with Crippen LogP contribution < -0.4 is 5.73 Å². The van der Waals surface area contributed by atoms with E-state index in [1.165, 1.54) is 0 Å². The molecule has 0 saturated carbocycles. The first-order valence-corrected chi connectivity index (χ1v) is 7.60. The van der Waals surface area contributed by atoms with Gasteiger partial charge >= 0.3 is 7.82 Å². The van der Waals surface area contributed by atoms with Crippen molar-refractivity contribution in [3.63, 3.8) is 0 Å². The molecule has 12 heteroatoms. The van der Waals surface area contributed by atoms with E-state index in [4.69, 9.17) is 25.0 Å². The summed E-state index contributed by atoms with van der Waals surface area (Å²) in [6.07, 6.45) is -10.3. The van der Waals surface area contributed by atoms with Crippen molar-refractivity contribution in [1.29, 1.82) is 0 Å². The van der Waals surface area contributed by atoms with Gasteiger partial charge in [0, 0.05) is 6.54 Å². The average Bonchev–Trinajstić information content (AvgIpc) is 2.38. The predicted molar refractivity (Wildman–Crippen MR) is 65.7 cm³/mol. The molecule has 0 aromatic carbocycles. The van der Waals surface area contributed by atoms with Crippen LogP contribution in [0.5, 0.6) is 0 Å². The lowest BCUT2D eigenvalue weighted by Crippen LogP contribution is -2.61. The number of ether oxygens (including phenoxy) is 2. The second-order valence-corrected chi connectivity index (χ2v) is 5.66. The molecule has 6 atom stereocenters. The second kappa shape index (κ2) is 7.90. The first-order chi connectivity index (χ1) is 9.67. The Kier molecular flexibility index (Phi) is 7.10. The molecule has 0 aromatic heterocycles. The minimum absolute atomic E-state index is 0.132. The zero-order valence-electron chi connectivity index (χ0n) is 10.9. The van der Waals surface area contributed by atoms with Gasteiger partial charge in [-0.05, 0) is 0 Å². The Labute approximate surface area is 120 Å². The number of nitrogens with two attached hydrogens (primary N) is 1. The van der Waals surface area contributed by atoms with E-state index >= 15 is 0 Å². The van der Waals surface area contributed by atoms with Gasteiger partial charge in [0.05, 0.1) is 13.2 Å². The van der Waals surface area contributed by atoms with Crippen LogP contribution in [-0.2, 0) is 18.6 Å². The normalized spacial score (nSPS) is 35.7. The van der Waals surface area contributed by atoms with E-state index in [-0.39, 0.29) is 19.8 Å². The fourth-order valence-electron chi connectivity index (χ4n) is 1.80. The molecule has 126 valence electrons. The molecular formula is C9H20NO10P. The summed E-state index contributed by atoms with van der Waals surface area (Å²) in [6.45, 7) is 0.0317. The van der Waals surface area contributed by atoms with Gasteiger partial charge in [0.2, 0.25) is 0 Å². The summed E-state index contributed by atoms with van der Waals surface area (Å²) in [5.74, 6) is 0. The van der Waals surface area contributed by atoms with Gasteiger partial charge < -0.3 is 45.4 Å². The SMILES string of the molecule is NCCOC[C@@H](O)C1O[C@@H](OP(=O)(O)O)C(O)C(O)[C@@H]1O. The van der Waals surface area contributed by atoms with Gasteiger partial charge in [-0.15, -0.1) is 0 Å². The number of phosphoric acid groups is 1. The molecule has 1 rings (SSSR count). The summed E-state index contributed by atoms with van der Waals surface area (Å²) in [7, 11) is -5.01. The highest BCUT2D eigenvalue weighted by atomic mass is 31.2. The largest absolute Gasteiger partial charge is 0.472 e. The second-order valence-electron chi connectivity index (χ2n) is 4.47. The lowest BCUT2D eigenvalue weighted by Gasteiger charge is -2.41. The van der Waals surface area contributed by atoms with Gasteiger partial charge in [0.1, 0.15) is 30.5 Å². The Bertz CT molecular complexity index is 364. The summed E-state index contributed by atoms with van der Waals surface area (Å²) in [6, 6.07) is 0. The quantitative estimate of drug-likeness (QED) is 0.179. The number of aliphatic hydroxyl groups is 4. The predicted octanol–water partition coefficient (Wildman–Crippen LogP) is -3.76. The van der Waals surface area contributed by atoms with E-state index in [0.717, 1.165) is 0 Å². The zero-order valence-corrected chi connectivity index (χ0v) is 11.8. The Morgan fingerprint density at radius 3 is 2.33 bits per heavy atom. The Balaban J connectivity index is 2.72. The van der Waals surface area contributed by atoms with Crippen LogP contribution in [0, 0.1) is 0 Å². The number of aliphatic hydroxyl groups excluding tert-OH is 4. The summed E-state index contributed by atoms with van der Waals surface area (Å²) in [4.78, 5) is 17.4. The van der Waals surface area contributed by atoms with Crippen molar-refractivity contribution < 1.29 is 48.8 Å². The van der Waals surface area contributed by atoms with Gasteiger partial charge in [-0.25, -0.2) is 4.57 Å². The zero-order chi connectivity index (χ0) is 16.2. The number of phosphoric ester groups is 1. The van der Waals surface area contributed by atoms with E-state index in [9.17, 15) is 25.0 Å². The number of rotatable bonds is 7. The van der Waals surface area contributed by atoms with Crippen LogP contribution in [-0.4, -0.2) is 86.8 Å². The smallest absolute Gasteiger partial charge is 0.388 e. The van der Waals surface area contributed by atoms with Crippen molar-refractivity contribution in [2.45, 2.75) is 36.8 Å². The van der Waals surface area contributed by atoms with Crippen LogP contribution in [0.15, 0.2) is 0 Å². The molecule has 0 aromatic rings. The lowest BCUT2D eigenvalue weighted by molar-refractivity contribution is -0.293. The molecule has 1 aliphatic rings. The van der Waals surface area contributed by atoms with Gasteiger partial charge in [0.15, 0.2) is 6.29 Å². The first kappa shape index (κ1) is 18.9. The van der Waals surface area contributed by atoms with E-state index in [1.54, 1.807) is 0 Å². The van der Waals surface area contributed by atoms with Crippen LogP contribution in [0.1, 0.15) is 0 Å². The molecule has 21 heavy (non-hydrogen) atoms. The summed E-state index contributed by atoms with van der Waals surface area (Å²) >= 11 is 0. The molecule has 3 unspecified atom stereocenters. The van der Waals surface area contributed by atoms with Gasteiger partial charge in [-0.1, -0.05) is 0 Å². The van der Waals surface area contributed by atoms with Crippen LogP contribution >= 0.6 is 7.82 Å². The van der Waals surface area contributed by atoms with Crippen molar-refractivity contribution in [3.05, 3.63) is 0 Å². The monoisotopic (exact) mass is 333 g/mol. The third-order valence-electron chi connectivity index (χ3n) is 2.78. The van der Waals surface area contributed by atoms with E-state index in [0.29, 0.717) is 0 Å². The van der Waals surface area contributed by atoms with Crippen LogP contribution in [0.3, 0.4) is 0 Å². The third kappa shape index (κ3) is 5.51. The van der Waals surface area contributed by atoms with Crippen LogP contribution in [0.4, 0.5) is 0 Å². The highest BCUT2D eigenvalue weighted by Crippen LogP contribution is 2.40. The minimum Gasteiger partial charge on any atom is -0.388 e. The van der Waals surface area contributed by atoms with Crippen LogP contribution in [0.25, 0.3) is 0 Å². The summed E-state index contributed by atoms with van der Waals surface area (Å²) in [5, 5.41) is 38.7. The molecule has 8 N–H and O–H groups in total. The van der Waals surface area contributed by atoms with Gasteiger partial charge in [-0.3, -0.25) is 4.52 Å². The maximum absolute atomic E-state index is 10.8. The first-order valence-electron chi connectivity index (χ1n) is 6.07. The number of hydrogen-bond acceptors (Lipinski definition) is 9. The molecule has 0 bridgehead atoms. The molecule has 0 aliphatic carbocycles. The van der Waals surface area contributed by atoms with Gasteiger partial charge in [-0.2, -0.15) is 0 Å². The van der Waals surface area contributed by atoms with Crippen molar-refractivity contribution in [3.8, 4) is 0 Å². The van der Waals surface area contributed by atoms with Crippen molar-refractivity contribution in [1.82, 2.24) is 0 Å². The fourth-order valence-corrected chi connectivity index (χ4v) is 2.24. The Morgan fingerprint density at radius 1 is 1.19 bits per heavy atom. The maximum atomic E-state index is 10.8. The standard InChI is InChI=1S/C9H20NO10P/c10-1-2-18-3-4(11)8-6(13)5(12)7(14)9(19-8)20-21(15,16)17/h4-9,11-14H,1-3,10H2,(H2,15,16,17)/t4-,5?,6+,7?,8?,9+/m1/s1. The third-order valence-corrected chi connectivity index (χ3v) is 3.26. The maximum Gasteiger partial charge on any atom is 0.472 e. The molecule has 1 fully saturated rings. The molecule has 0 amide bonds. The van der Waals surface area contributed by atoms with Crippen molar-refractivity contribution >= 4 is 7.82 Å². The molecule has 11 nitrogen and oxygen atoms in total. The van der Waals surface area contributed by atoms with E-state index in [1.807, 2.05) is 0 Å². The highest BCUT2D eigenvalue weighted by Gasteiger charge is 2.48. The topological polar surface area (TPSA) is 192 Å². The van der Waals surface area contributed by atoms with E-state index in [2.05, 4.69) is 4.52 Å². The Morgan fingerprint density at radius 2 is 1.81 bits per heavy atom. The summed E-state index contributed by atoms with van der Waals surface area (Å²) in [5.41, 5.74) is 5.19. The molecule has 1 aliphatic heterocycles. The molecule has 1 heterocycles. The van der Waals surface area contributed by atoms with Crippen molar-refractivity contribution in [2.24, 2.45) is 5.73 Å². The average molecular weight is 333 g/mol. The van der Waals surface area contributed by atoms with Crippen LogP contribution in [0.2, 0.25) is 0 Å². The van der Waals surface area contributed by atoms with Crippen molar-refractivity contribution in [2.75, 3.05) is 19.8 Å². The molecule has 0 spiro atoms. The fraction of sp³-hybridized carbons (Fsp3) is 1.00. The molecular weight excluding hydrogens is 313 g/mol. The minimum atomic E-state index is -5.01. The molecule has 0 radical (unpaired) electrons. The Hall–Kier alpha value is -0.170. The molecule has 1 saturated heterocycles. The van der Waals surface area contributed by atoms with E-state index < -0.39 is 44.6 Å². The van der Waals surface area contributed by atoms with Gasteiger partial charge in [0.25, 0.3) is 0 Å². The number of hydrogen-bond donors (Lipinski definition) is 7. The highest BCUT2D eigenvalue weighted by molar-refractivity contribution is 7.46. The lowest BCUT2D eigenvalue weighted by atomic mass is 9.96.